The highest BCUT2D eigenvalue weighted by molar-refractivity contribution is 5.69. The summed E-state index contributed by atoms with van der Waals surface area (Å²) in [4.78, 5) is 11.9. The van der Waals surface area contributed by atoms with E-state index in [9.17, 15) is 4.79 Å². The van der Waals surface area contributed by atoms with Crippen molar-refractivity contribution in [3.63, 3.8) is 0 Å². The molecule has 0 aliphatic heterocycles. The van der Waals surface area contributed by atoms with E-state index in [-0.39, 0.29) is 0 Å². The number of hydrogen-bond acceptors (Lipinski definition) is 3. The van der Waals surface area contributed by atoms with Crippen molar-refractivity contribution in [2.75, 3.05) is 12.4 Å². The first-order valence-corrected chi connectivity index (χ1v) is 6.43. The van der Waals surface area contributed by atoms with Crippen molar-refractivity contribution in [3.05, 3.63) is 29.8 Å². The summed E-state index contributed by atoms with van der Waals surface area (Å²) in [5.74, 6) is 0. The molecular formula is C15H24N2O2. The number of rotatable bonds is 3. The lowest BCUT2D eigenvalue weighted by Gasteiger charge is -2.29. The van der Waals surface area contributed by atoms with E-state index in [1.54, 1.807) is 0 Å². The van der Waals surface area contributed by atoms with Crippen molar-refractivity contribution in [1.82, 2.24) is 5.32 Å². The predicted molar refractivity (Wildman–Crippen MR) is 78.4 cm³/mol. The van der Waals surface area contributed by atoms with Crippen molar-refractivity contribution in [2.45, 2.75) is 45.8 Å². The second kappa shape index (κ2) is 5.51. The topological polar surface area (TPSA) is 50.4 Å². The largest absolute Gasteiger partial charge is 0.444 e. The van der Waals surface area contributed by atoms with Gasteiger partial charge in [-0.2, -0.15) is 0 Å². The number of ether oxygens (including phenoxy) is 1. The third-order valence-electron chi connectivity index (χ3n) is 2.69. The molecule has 1 aromatic rings. The molecule has 1 rings (SSSR count). The van der Waals surface area contributed by atoms with Crippen LogP contribution in [0.25, 0.3) is 0 Å². The lowest BCUT2D eigenvalue weighted by molar-refractivity contribution is 0.0470. The molecule has 0 aliphatic carbocycles. The van der Waals surface area contributed by atoms with Gasteiger partial charge in [0.05, 0.1) is 5.54 Å². The van der Waals surface area contributed by atoms with Gasteiger partial charge >= 0.3 is 6.09 Å². The Kier molecular flexibility index (Phi) is 4.45. The Morgan fingerprint density at radius 1 is 1.16 bits per heavy atom. The Morgan fingerprint density at radius 2 is 1.79 bits per heavy atom. The molecule has 1 aromatic carbocycles. The van der Waals surface area contributed by atoms with E-state index in [2.05, 4.69) is 10.6 Å². The third kappa shape index (κ3) is 4.81. The minimum atomic E-state index is -0.493. The van der Waals surface area contributed by atoms with Gasteiger partial charge in [-0.3, -0.25) is 0 Å². The zero-order chi connectivity index (χ0) is 14.7. The summed E-state index contributed by atoms with van der Waals surface area (Å²) in [6, 6.07) is 7.93. The van der Waals surface area contributed by atoms with Gasteiger partial charge in [-0.1, -0.05) is 12.1 Å². The van der Waals surface area contributed by atoms with Gasteiger partial charge in [0, 0.05) is 12.7 Å². The Balaban J connectivity index is 2.82. The van der Waals surface area contributed by atoms with E-state index in [4.69, 9.17) is 4.74 Å². The first-order valence-electron chi connectivity index (χ1n) is 6.43. The van der Waals surface area contributed by atoms with Crippen LogP contribution in [-0.2, 0) is 10.3 Å². The number of benzene rings is 1. The van der Waals surface area contributed by atoms with E-state index in [1.165, 1.54) is 0 Å². The molecule has 4 nitrogen and oxygen atoms in total. The van der Waals surface area contributed by atoms with Gasteiger partial charge in [-0.25, -0.2) is 4.79 Å². The normalized spacial score (nSPS) is 11.9. The minimum absolute atomic E-state index is 0.410. The third-order valence-corrected chi connectivity index (χ3v) is 2.69. The number of carbonyl (C=O) groups is 1. The van der Waals surface area contributed by atoms with E-state index in [0.717, 1.165) is 11.3 Å². The molecule has 2 N–H and O–H groups in total. The Labute approximate surface area is 115 Å². The summed E-state index contributed by atoms with van der Waals surface area (Å²) >= 11 is 0. The lowest BCUT2D eigenvalue weighted by atomic mass is 9.94. The van der Waals surface area contributed by atoms with E-state index in [1.807, 2.05) is 65.9 Å². The molecule has 0 unspecified atom stereocenters. The molecule has 19 heavy (non-hydrogen) atoms. The van der Waals surface area contributed by atoms with Gasteiger partial charge in [0.1, 0.15) is 5.60 Å². The van der Waals surface area contributed by atoms with Crippen LogP contribution in [0.2, 0.25) is 0 Å². The Hall–Kier alpha value is -1.71. The summed E-state index contributed by atoms with van der Waals surface area (Å²) < 4.78 is 5.29. The molecule has 106 valence electrons. The standard InChI is InChI=1S/C15H24N2O2/c1-14(2,3)19-13(18)17-15(4,5)11-8-7-9-12(10-11)16-6/h7-10,16H,1-6H3,(H,17,18). The van der Waals surface area contributed by atoms with Crippen LogP contribution in [0.15, 0.2) is 24.3 Å². The zero-order valence-electron chi connectivity index (χ0n) is 12.6. The van der Waals surface area contributed by atoms with Crippen molar-refractivity contribution in [2.24, 2.45) is 0 Å². The second-order valence-electron chi connectivity index (χ2n) is 6.08. The first kappa shape index (κ1) is 15.3. The smallest absolute Gasteiger partial charge is 0.408 e. The van der Waals surface area contributed by atoms with Crippen molar-refractivity contribution < 1.29 is 9.53 Å². The maximum Gasteiger partial charge on any atom is 0.408 e. The molecule has 1 amide bonds. The fourth-order valence-corrected chi connectivity index (χ4v) is 1.69. The molecule has 0 aromatic heterocycles. The molecule has 0 spiro atoms. The Bertz CT molecular complexity index is 448. The highest BCUT2D eigenvalue weighted by Crippen LogP contribution is 2.23. The highest BCUT2D eigenvalue weighted by atomic mass is 16.6. The van der Waals surface area contributed by atoms with Gasteiger partial charge in [0.25, 0.3) is 0 Å². The number of carbonyl (C=O) groups excluding carboxylic acids is 1. The van der Waals surface area contributed by atoms with Crippen molar-refractivity contribution >= 4 is 11.8 Å². The molecule has 0 heterocycles. The van der Waals surface area contributed by atoms with Crippen LogP contribution in [0.5, 0.6) is 0 Å². The molecule has 0 bridgehead atoms. The zero-order valence-corrected chi connectivity index (χ0v) is 12.6. The van der Waals surface area contributed by atoms with Gasteiger partial charge in [0.15, 0.2) is 0 Å². The van der Waals surface area contributed by atoms with Crippen molar-refractivity contribution in [3.8, 4) is 0 Å². The lowest BCUT2D eigenvalue weighted by Crippen LogP contribution is -2.43. The van der Waals surface area contributed by atoms with E-state index in [0.29, 0.717) is 0 Å². The number of nitrogens with one attached hydrogen (secondary N) is 2. The molecular weight excluding hydrogens is 240 g/mol. The fraction of sp³-hybridized carbons (Fsp3) is 0.533. The predicted octanol–water partition coefficient (Wildman–Crippen LogP) is 3.49. The summed E-state index contributed by atoms with van der Waals surface area (Å²) in [6.45, 7) is 9.45. The van der Waals surface area contributed by atoms with E-state index >= 15 is 0 Å². The SMILES string of the molecule is CNc1cccc(C(C)(C)NC(=O)OC(C)(C)C)c1. The maximum atomic E-state index is 11.9. The van der Waals surface area contributed by atoms with Crippen LogP contribution in [-0.4, -0.2) is 18.7 Å². The van der Waals surface area contributed by atoms with Crippen LogP contribution >= 0.6 is 0 Å². The average molecular weight is 264 g/mol. The minimum Gasteiger partial charge on any atom is -0.444 e. The van der Waals surface area contributed by atoms with Crippen LogP contribution in [0.4, 0.5) is 10.5 Å². The molecule has 4 heteroatoms. The van der Waals surface area contributed by atoms with Crippen LogP contribution in [0.1, 0.15) is 40.2 Å². The van der Waals surface area contributed by atoms with E-state index < -0.39 is 17.2 Å². The quantitative estimate of drug-likeness (QED) is 0.878. The average Bonchev–Trinajstić information content (AvgIpc) is 2.25. The summed E-state index contributed by atoms with van der Waals surface area (Å²) in [5, 5.41) is 5.98. The van der Waals surface area contributed by atoms with Gasteiger partial charge < -0.3 is 15.4 Å². The second-order valence-corrected chi connectivity index (χ2v) is 6.08. The summed E-state index contributed by atoms with van der Waals surface area (Å²) in [6.07, 6.45) is -0.410. The number of anilines is 1. The molecule has 0 radical (unpaired) electrons. The number of amides is 1. The van der Waals surface area contributed by atoms with Crippen LogP contribution < -0.4 is 10.6 Å². The highest BCUT2D eigenvalue weighted by Gasteiger charge is 2.26. The van der Waals surface area contributed by atoms with Crippen LogP contribution in [0.3, 0.4) is 0 Å². The van der Waals surface area contributed by atoms with Gasteiger partial charge in [0.2, 0.25) is 0 Å². The monoisotopic (exact) mass is 264 g/mol. The molecule has 0 atom stereocenters. The van der Waals surface area contributed by atoms with Gasteiger partial charge in [-0.15, -0.1) is 0 Å². The first-order chi connectivity index (χ1) is 8.64. The molecule has 0 saturated carbocycles. The number of alkyl carbamates (subject to hydrolysis) is 1. The molecule has 0 saturated heterocycles. The maximum absolute atomic E-state index is 11.9. The molecule has 0 aliphatic rings. The molecule has 0 fully saturated rings. The number of hydrogen-bond donors (Lipinski definition) is 2. The van der Waals surface area contributed by atoms with Gasteiger partial charge in [-0.05, 0) is 52.3 Å². The van der Waals surface area contributed by atoms with Crippen molar-refractivity contribution in [1.29, 1.82) is 0 Å². The fourth-order valence-electron chi connectivity index (χ4n) is 1.69. The summed E-state index contributed by atoms with van der Waals surface area (Å²) in [7, 11) is 1.87. The Morgan fingerprint density at radius 3 is 2.32 bits per heavy atom. The van der Waals surface area contributed by atoms with Crippen LogP contribution in [0, 0.1) is 0 Å². The summed E-state index contributed by atoms with van der Waals surface area (Å²) in [5.41, 5.74) is 1.05.